The van der Waals surface area contributed by atoms with Crippen LogP contribution >= 0.6 is 0 Å². The third-order valence-corrected chi connectivity index (χ3v) is 7.17. The lowest BCUT2D eigenvalue weighted by atomic mass is 10.1. The van der Waals surface area contributed by atoms with Gasteiger partial charge in [0.2, 0.25) is 0 Å². The fraction of sp³-hybridized carbons (Fsp3) is 0.636. The maximum Gasteiger partial charge on any atom is 0.337 e. The molecule has 1 fully saturated rings. The van der Waals surface area contributed by atoms with Crippen molar-refractivity contribution in [3.8, 4) is 0 Å². The summed E-state index contributed by atoms with van der Waals surface area (Å²) in [5.74, 6) is -0.400. The Morgan fingerprint density at radius 3 is 2.06 bits per heavy atom. The van der Waals surface area contributed by atoms with Gasteiger partial charge in [0.15, 0.2) is 37.2 Å². The highest BCUT2D eigenvalue weighted by atomic mass is 28.4. The van der Waals surface area contributed by atoms with Crippen LogP contribution in [0.15, 0.2) is 35.5 Å². The van der Waals surface area contributed by atoms with Crippen molar-refractivity contribution in [2.75, 3.05) is 0 Å². The summed E-state index contributed by atoms with van der Waals surface area (Å²) in [5.41, 5.74) is 1.02. The van der Waals surface area contributed by atoms with Crippen molar-refractivity contribution in [2.24, 2.45) is 5.16 Å². The van der Waals surface area contributed by atoms with Gasteiger partial charge >= 0.3 is 5.97 Å². The van der Waals surface area contributed by atoms with Crippen LogP contribution in [-0.2, 0) is 34.3 Å². The van der Waals surface area contributed by atoms with Crippen LogP contribution in [0.5, 0.6) is 0 Å². The molecular weight excluding hydrogens is 459 g/mol. The van der Waals surface area contributed by atoms with Gasteiger partial charge in [-0.05, 0) is 64.5 Å². The molecule has 1 heterocycles. The SMILES string of the molecule is C[Si](C)(C)OC(/C=N/OCc1ccccc1)C1OC(=O)C(O[Si](C)(C)C)C1O[Si](C)(C)C. The lowest BCUT2D eigenvalue weighted by Crippen LogP contribution is -2.52. The molecule has 4 unspecified atom stereocenters. The van der Waals surface area contributed by atoms with E-state index in [0.717, 1.165) is 5.56 Å². The van der Waals surface area contributed by atoms with Crippen LogP contribution < -0.4 is 0 Å². The van der Waals surface area contributed by atoms with Crippen LogP contribution in [-0.4, -0.2) is 61.6 Å². The van der Waals surface area contributed by atoms with Crippen molar-refractivity contribution >= 4 is 37.1 Å². The number of benzene rings is 1. The molecule has 1 aromatic rings. The van der Waals surface area contributed by atoms with Crippen LogP contribution in [0.4, 0.5) is 0 Å². The standard InChI is InChI=1S/C22H39NO6Si3/c1-30(2,3)27-18(15-23-25-16-17-13-11-10-12-14-17)19-20(28-31(4,5)6)21(22(24)26-19)29-32(7,8)9/h10-15,18-21H,16H2,1-9H3/b23-15+. The van der Waals surface area contributed by atoms with Gasteiger partial charge in [0.05, 0.1) is 6.21 Å². The zero-order valence-corrected chi connectivity index (χ0v) is 23.9. The van der Waals surface area contributed by atoms with Crippen LogP contribution in [0, 0.1) is 0 Å². The average molecular weight is 498 g/mol. The molecule has 4 atom stereocenters. The van der Waals surface area contributed by atoms with E-state index in [-0.39, 0.29) is 0 Å². The number of oxime groups is 1. The summed E-state index contributed by atoms with van der Waals surface area (Å²) in [6.45, 7) is 19.0. The number of esters is 1. The summed E-state index contributed by atoms with van der Waals surface area (Å²) >= 11 is 0. The molecule has 10 heteroatoms. The maximum atomic E-state index is 12.8. The molecule has 0 radical (unpaired) electrons. The number of ether oxygens (including phenoxy) is 1. The van der Waals surface area contributed by atoms with Crippen LogP contribution in [0.3, 0.4) is 0 Å². The minimum absolute atomic E-state index is 0.345. The van der Waals surface area contributed by atoms with E-state index in [4.69, 9.17) is 22.9 Å². The Morgan fingerprint density at radius 2 is 1.53 bits per heavy atom. The highest BCUT2D eigenvalue weighted by Crippen LogP contribution is 2.31. The second-order valence-corrected chi connectivity index (χ2v) is 24.3. The Morgan fingerprint density at radius 1 is 0.938 bits per heavy atom. The third-order valence-electron chi connectivity index (χ3n) is 4.25. The minimum atomic E-state index is -2.02. The first kappa shape index (κ1) is 26.9. The summed E-state index contributed by atoms with van der Waals surface area (Å²) in [6.07, 6.45) is -0.951. The molecule has 7 nitrogen and oxygen atoms in total. The zero-order chi connectivity index (χ0) is 24.2. The van der Waals surface area contributed by atoms with Gasteiger partial charge in [0, 0.05) is 0 Å². The van der Waals surface area contributed by atoms with Crippen molar-refractivity contribution in [3.63, 3.8) is 0 Å². The number of hydrogen-bond acceptors (Lipinski definition) is 7. The van der Waals surface area contributed by atoms with Gasteiger partial charge in [0.25, 0.3) is 0 Å². The largest absolute Gasteiger partial charge is 0.454 e. The monoisotopic (exact) mass is 497 g/mol. The van der Waals surface area contributed by atoms with Crippen LogP contribution in [0.25, 0.3) is 0 Å². The average Bonchev–Trinajstić information content (AvgIpc) is 2.90. The third kappa shape index (κ3) is 9.28. The summed E-state index contributed by atoms with van der Waals surface area (Å²) in [6, 6.07) is 9.81. The first-order valence-corrected chi connectivity index (χ1v) is 21.3. The molecule has 0 saturated carbocycles. The fourth-order valence-electron chi connectivity index (χ4n) is 3.24. The predicted molar refractivity (Wildman–Crippen MR) is 134 cm³/mol. The van der Waals surface area contributed by atoms with Crippen molar-refractivity contribution in [1.82, 2.24) is 0 Å². The lowest BCUT2D eigenvalue weighted by molar-refractivity contribution is -0.148. The maximum absolute atomic E-state index is 12.8. The molecule has 0 spiro atoms. The van der Waals surface area contributed by atoms with Crippen molar-refractivity contribution in [3.05, 3.63) is 35.9 Å². The number of carbonyl (C=O) groups is 1. The first-order valence-electron chi connectivity index (χ1n) is 11.1. The lowest BCUT2D eigenvalue weighted by Gasteiger charge is -2.34. The second kappa shape index (κ2) is 10.7. The quantitative estimate of drug-likeness (QED) is 0.190. The predicted octanol–water partition coefficient (Wildman–Crippen LogP) is 4.77. The van der Waals surface area contributed by atoms with Crippen LogP contribution in [0.1, 0.15) is 5.56 Å². The molecule has 1 aliphatic rings. The van der Waals surface area contributed by atoms with E-state index >= 15 is 0 Å². The molecule has 0 N–H and O–H groups in total. The summed E-state index contributed by atoms with van der Waals surface area (Å²) in [5, 5.41) is 4.16. The molecule has 180 valence electrons. The number of rotatable bonds is 11. The van der Waals surface area contributed by atoms with E-state index in [0.29, 0.717) is 6.61 Å². The normalized spacial score (nSPS) is 23.4. The van der Waals surface area contributed by atoms with Crippen molar-refractivity contribution in [1.29, 1.82) is 0 Å². The minimum Gasteiger partial charge on any atom is -0.454 e. The molecule has 1 aliphatic heterocycles. The molecule has 1 saturated heterocycles. The summed E-state index contributed by atoms with van der Waals surface area (Å²) in [4.78, 5) is 18.3. The molecule has 32 heavy (non-hydrogen) atoms. The molecule has 0 amide bonds. The molecule has 0 aromatic heterocycles. The number of nitrogens with zero attached hydrogens (tertiary/aromatic N) is 1. The van der Waals surface area contributed by atoms with E-state index in [9.17, 15) is 4.79 Å². The Bertz CT molecular complexity index is 771. The van der Waals surface area contributed by atoms with Crippen LogP contribution in [0.2, 0.25) is 58.9 Å². The number of hydrogen-bond donors (Lipinski definition) is 0. The van der Waals surface area contributed by atoms with E-state index in [1.807, 2.05) is 50.0 Å². The zero-order valence-electron chi connectivity index (χ0n) is 20.9. The van der Waals surface area contributed by atoms with Gasteiger partial charge in [-0.1, -0.05) is 35.5 Å². The molecule has 0 aliphatic carbocycles. The van der Waals surface area contributed by atoms with Crippen molar-refractivity contribution < 1.29 is 27.6 Å². The Hall–Kier alpha value is -1.31. The summed E-state index contributed by atoms with van der Waals surface area (Å²) < 4.78 is 24.8. The molecule has 0 bridgehead atoms. The van der Waals surface area contributed by atoms with E-state index in [1.54, 1.807) is 6.21 Å². The van der Waals surface area contributed by atoms with Gasteiger partial charge in [0.1, 0.15) is 18.8 Å². The smallest absolute Gasteiger partial charge is 0.337 e. The van der Waals surface area contributed by atoms with Gasteiger partial charge in [-0.15, -0.1) is 0 Å². The molecule has 2 rings (SSSR count). The van der Waals surface area contributed by atoms with Gasteiger partial charge < -0.3 is 22.9 Å². The van der Waals surface area contributed by atoms with Gasteiger partial charge in [-0.3, -0.25) is 0 Å². The Balaban J connectivity index is 2.25. The highest BCUT2D eigenvalue weighted by Gasteiger charge is 2.53. The first-order chi connectivity index (χ1) is 14.6. The van der Waals surface area contributed by atoms with E-state index in [2.05, 4.69) is 44.4 Å². The molecule has 1 aromatic carbocycles. The fourth-order valence-corrected chi connectivity index (χ4v) is 6.32. The molecular formula is C22H39NO6Si3. The number of carbonyl (C=O) groups excluding carboxylic acids is 1. The topological polar surface area (TPSA) is 75.6 Å². The highest BCUT2D eigenvalue weighted by molar-refractivity contribution is 6.70. The number of cyclic esters (lactones) is 1. The Kier molecular flexibility index (Phi) is 9.05. The van der Waals surface area contributed by atoms with E-state index < -0.39 is 55.3 Å². The van der Waals surface area contributed by atoms with Gasteiger partial charge in [-0.25, -0.2) is 4.79 Å². The Labute approximate surface area is 195 Å². The summed E-state index contributed by atoms with van der Waals surface area (Å²) in [7, 11) is -6.04. The van der Waals surface area contributed by atoms with E-state index in [1.165, 1.54) is 0 Å². The van der Waals surface area contributed by atoms with Crippen molar-refractivity contribution in [2.45, 2.75) is 89.9 Å². The second-order valence-electron chi connectivity index (χ2n) is 11.0. The van der Waals surface area contributed by atoms with Gasteiger partial charge in [-0.2, -0.15) is 0 Å².